The highest BCUT2D eigenvalue weighted by Crippen LogP contribution is 2.29. The van der Waals surface area contributed by atoms with Gasteiger partial charge in [-0.1, -0.05) is 35.5 Å². The van der Waals surface area contributed by atoms with E-state index >= 15 is 0 Å². The number of benzene rings is 2. The highest BCUT2D eigenvalue weighted by Gasteiger charge is 2.30. The van der Waals surface area contributed by atoms with Crippen molar-refractivity contribution < 1.29 is 22.5 Å². The van der Waals surface area contributed by atoms with E-state index in [4.69, 9.17) is 4.52 Å². The monoisotopic (exact) mass is 454 g/mol. The molecule has 0 saturated heterocycles. The van der Waals surface area contributed by atoms with E-state index in [9.17, 15) is 18.0 Å². The molecule has 4 rings (SSSR count). The number of amides is 2. The number of carbonyl (C=O) groups excluding carboxylic acids is 2. The predicted molar refractivity (Wildman–Crippen MR) is 118 cm³/mol. The molecule has 166 valence electrons. The summed E-state index contributed by atoms with van der Waals surface area (Å²) in [5, 5.41) is 6.32. The molecular weight excluding hydrogens is 432 g/mol. The number of aryl methyl sites for hydroxylation is 1. The predicted octanol–water partition coefficient (Wildman–Crippen LogP) is 2.03. The van der Waals surface area contributed by atoms with Gasteiger partial charge in [-0.15, -0.1) is 0 Å². The van der Waals surface area contributed by atoms with Crippen LogP contribution in [-0.4, -0.2) is 38.5 Å². The van der Waals surface area contributed by atoms with E-state index in [0.29, 0.717) is 17.0 Å². The Hall–Kier alpha value is -3.50. The first kappa shape index (κ1) is 21.7. The smallest absolute Gasteiger partial charge is 0.244 e. The van der Waals surface area contributed by atoms with Crippen molar-refractivity contribution in [1.29, 1.82) is 0 Å². The Bertz CT molecular complexity index is 1270. The molecule has 0 saturated carbocycles. The first-order valence-corrected chi connectivity index (χ1v) is 11.4. The van der Waals surface area contributed by atoms with Gasteiger partial charge in [-0.2, -0.15) is 4.72 Å². The SMILES string of the molecule is Cc1cc(NC(=O)[C@H](Cc2ccccc2)NS(=O)(=O)c2ccc3c(c2)CC(=O)N3C)no1. The van der Waals surface area contributed by atoms with Crippen molar-refractivity contribution in [2.45, 2.75) is 30.7 Å². The van der Waals surface area contributed by atoms with Crippen molar-refractivity contribution >= 4 is 33.3 Å². The Balaban J connectivity index is 1.60. The molecule has 0 spiro atoms. The number of rotatable bonds is 7. The molecule has 1 aromatic heterocycles. The van der Waals surface area contributed by atoms with Crippen molar-refractivity contribution in [1.82, 2.24) is 9.88 Å². The minimum absolute atomic E-state index is 0.0116. The molecule has 2 aromatic carbocycles. The van der Waals surface area contributed by atoms with Crippen LogP contribution in [0.1, 0.15) is 16.9 Å². The molecule has 2 heterocycles. The number of likely N-dealkylation sites (N-methyl/N-ethyl adjacent to an activating group) is 1. The summed E-state index contributed by atoms with van der Waals surface area (Å²) in [7, 11) is -2.41. The summed E-state index contributed by atoms with van der Waals surface area (Å²) in [6, 6.07) is 14.0. The Morgan fingerprint density at radius 2 is 1.94 bits per heavy atom. The largest absolute Gasteiger partial charge is 0.360 e. The number of carbonyl (C=O) groups is 2. The van der Waals surface area contributed by atoms with Crippen molar-refractivity contribution in [3.05, 3.63) is 71.5 Å². The maximum Gasteiger partial charge on any atom is 0.244 e. The molecule has 10 heteroatoms. The summed E-state index contributed by atoms with van der Waals surface area (Å²) in [6.07, 6.45) is 0.267. The second-order valence-corrected chi connectivity index (χ2v) is 9.31. The van der Waals surface area contributed by atoms with Gasteiger partial charge in [0.1, 0.15) is 11.8 Å². The first-order chi connectivity index (χ1) is 15.2. The fourth-order valence-corrected chi connectivity index (χ4v) is 4.79. The van der Waals surface area contributed by atoms with Gasteiger partial charge >= 0.3 is 0 Å². The van der Waals surface area contributed by atoms with Gasteiger partial charge < -0.3 is 14.7 Å². The van der Waals surface area contributed by atoms with Gasteiger partial charge in [0.15, 0.2) is 5.82 Å². The quantitative estimate of drug-likeness (QED) is 0.563. The summed E-state index contributed by atoms with van der Waals surface area (Å²) < 4.78 is 33.7. The van der Waals surface area contributed by atoms with Crippen LogP contribution in [0.2, 0.25) is 0 Å². The highest BCUT2D eigenvalue weighted by atomic mass is 32.2. The zero-order valence-corrected chi connectivity index (χ0v) is 18.3. The topological polar surface area (TPSA) is 122 Å². The van der Waals surface area contributed by atoms with E-state index in [1.165, 1.54) is 17.0 Å². The second kappa shape index (κ2) is 8.56. The summed E-state index contributed by atoms with van der Waals surface area (Å²) in [6.45, 7) is 1.68. The molecule has 32 heavy (non-hydrogen) atoms. The lowest BCUT2D eigenvalue weighted by molar-refractivity contribution is -0.118. The molecule has 9 nitrogen and oxygen atoms in total. The zero-order valence-electron chi connectivity index (χ0n) is 17.5. The lowest BCUT2D eigenvalue weighted by Gasteiger charge is -2.18. The molecule has 2 N–H and O–H groups in total. The third kappa shape index (κ3) is 4.56. The van der Waals surface area contributed by atoms with Crippen molar-refractivity contribution in [2.75, 3.05) is 17.3 Å². The molecule has 0 bridgehead atoms. The third-order valence-electron chi connectivity index (χ3n) is 5.21. The van der Waals surface area contributed by atoms with Crippen molar-refractivity contribution in [3.63, 3.8) is 0 Å². The van der Waals surface area contributed by atoms with Crippen LogP contribution in [0.15, 0.2) is 64.0 Å². The molecule has 0 unspecified atom stereocenters. The highest BCUT2D eigenvalue weighted by molar-refractivity contribution is 7.89. The minimum atomic E-state index is -4.05. The van der Waals surface area contributed by atoms with Crippen LogP contribution in [0.3, 0.4) is 0 Å². The first-order valence-electron chi connectivity index (χ1n) is 9.93. The van der Waals surface area contributed by atoms with E-state index in [2.05, 4.69) is 15.2 Å². The summed E-state index contributed by atoms with van der Waals surface area (Å²) in [5.41, 5.74) is 2.09. The van der Waals surface area contributed by atoms with E-state index in [1.54, 1.807) is 26.1 Å². The number of fused-ring (bicyclic) bond motifs is 1. The van der Waals surface area contributed by atoms with E-state index < -0.39 is 22.0 Å². The van der Waals surface area contributed by atoms with Gasteiger partial charge in [0.2, 0.25) is 21.8 Å². The molecule has 0 aliphatic carbocycles. The molecular formula is C22H22N4O5S. The molecule has 0 fully saturated rings. The summed E-state index contributed by atoms with van der Waals surface area (Å²) in [4.78, 5) is 26.3. The number of nitrogens with one attached hydrogen (secondary N) is 2. The number of sulfonamides is 1. The van der Waals surface area contributed by atoms with Crippen LogP contribution < -0.4 is 14.9 Å². The van der Waals surface area contributed by atoms with Gasteiger partial charge in [0, 0.05) is 18.8 Å². The Labute approximate surface area is 185 Å². The number of hydrogen-bond donors (Lipinski definition) is 2. The Kier molecular flexibility index (Phi) is 5.81. The fraction of sp³-hybridized carbons (Fsp3) is 0.227. The summed E-state index contributed by atoms with van der Waals surface area (Å²) >= 11 is 0. The van der Waals surface area contributed by atoms with Gasteiger partial charge in [-0.3, -0.25) is 9.59 Å². The summed E-state index contributed by atoms with van der Waals surface area (Å²) in [5.74, 6) is 0.0375. The molecule has 1 aliphatic heterocycles. The maximum atomic E-state index is 13.1. The van der Waals surface area contributed by atoms with E-state index in [1.807, 2.05) is 30.3 Å². The van der Waals surface area contributed by atoms with Gasteiger partial charge in [-0.25, -0.2) is 8.42 Å². The van der Waals surface area contributed by atoms with Crippen molar-refractivity contribution in [3.8, 4) is 0 Å². The zero-order chi connectivity index (χ0) is 22.9. The lowest BCUT2D eigenvalue weighted by Crippen LogP contribution is -2.45. The van der Waals surface area contributed by atoms with Crippen LogP contribution in [0, 0.1) is 6.92 Å². The van der Waals surface area contributed by atoms with Crippen LogP contribution >= 0.6 is 0 Å². The van der Waals surface area contributed by atoms with Gasteiger partial charge in [0.05, 0.1) is 11.3 Å². The van der Waals surface area contributed by atoms with Crippen LogP contribution in [0.5, 0.6) is 0 Å². The molecule has 2 amide bonds. The minimum Gasteiger partial charge on any atom is -0.360 e. The normalized spacial score (nSPS) is 14.3. The standard InChI is InChI=1S/C22H22N4O5S/c1-14-10-20(24-31-14)23-22(28)18(11-15-6-4-3-5-7-15)25-32(29,30)17-8-9-19-16(12-17)13-21(27)26(19)2/h3-10,12,18,25H,11,13H2,1-2H3,(H,23,24,28)/t18-/m0/s1. The molecule has 1 aliphatic rings. The lowest BCUT2D eigenvalue weighted by atomic mass is 10.1. The number of anilines is 2. The Morgan fingerprint density at radius 3 is 2.62 bits per heavy atom. The second-order valence-electron chi connectivity index (χ2n) is 7.60. The average molecular weight is 455 g/mol. The molecule has 0 radical (unpaired) electrons. The average Bonchev–Trinajstić information content (AvgIpc) is 3.29. The third-order valence-corrected chi connectivity index (χ3v) is 6.68. The van der Waals surface area contributed by atoms with Gasteiger partial charge in [0.25, 0.3) is 0 Å². The fourth-order valence-electron chi connectivity index (χ4n) is 3.55. The van der Waals surface area contributed by atoms with Crippen molar-refractivity contribution in [2.24, 2.45) is 0 Å². The Morgan fingerprint density at radius 1 is 1.19 bits per heavy atom. The van der Waals surface area contributed by atoms with E-state index in [0.717, 1.165) is 5.56 Å². The van der Waals surface area contributed by atoms with E-state index in [-0.39, 0.29) is 29.5 Å². The number of aromatic nitrogens is 1. The number of nitrogens with zero attached hydrogens (tertiary/aromatic N) is 2. The van der Waals surface area contributed by atoms with Crippen LogP contribution in [0.25, 0.3) is 0 Å². The van der Waals surface area contributed by atoms with Crippen LogP contribution in [0.4, 0.5) is 11.5 Å². The molecule has 3 aromatic rings. The molecule has 1 atom stereocenters. The van der Waals surface area contributed by atoms with Gasteiger partial charge in [-0.05, 0) is 42.7 Å². The van der Waals surface area contributed by atoms with Crippen LogP contribution in [-0.2, 0) is 32.5 Å². The number of hydrogen-bond acceptors (Lipinski definition) is 6. The maximum absolute atomic E-state index is 13.1.